The second-order valence-corrected chi connectivity index (χ2v) is 5.14. The van der Waals surface area contributed by atoms with Gasteiger partial charge in [-0.3, -0.25) is 0 Å². The van der Waals surface area contributed by atoms with Crippen LogP contribution in [-0.4, -0.2) is 52.3 Å². The molecule has 2 N–H and O–H groups in total. The number of aromatic nitrogens is 4. The number of nitrogens with one attached hydrogen (secondary N) is 2. The lowest BCUT2D eigenvalue weighted by atomic mass is 10.1. The van der Waals surface area contributed by atoms with Crippen molar-refractivity contribution in [1.29, 1.82) is 0 Å². The quantitative estimate of drug-likeness (QED) is 0.874. The topological polar surface area (TPSA) is 79.0 Å². The first-order chi connectivity index (χ1) is 10.3. The fraction of sp³-hybridized carbons (Fsp3) is 0.643. The second kappa shape index (κ2) is 6.26. The maximum Gasteiger partial charge on any atom is 0.226 e. The van der Waals surface area contributed by atoms with Crippen molar-refractivity contribution in [3.8, 4) is 0 Å². The number of rotatable bonds is 5. The largest absolute Gasteiger partial charge is 0.378 e. The van der Waals surface area contributed by atoms with E-state index in [4.69, 9.17) is 4.74 Å². The van der Waals surface area contributed by atoms with E-state index >= 15 is 0 Å². The molecule has 2 aromatic heterocycles. The predicted octanol–water partition coefficient (Wildman–Crippen LogP) is 1.79. The van der Waals surface area contributed by atoms with Crippen LogP contribution in [0.15, 0.2) is 6.33 Å². The van der Waals surface area contributed by atoms with E-state index < -0.39 is 0 Å². The van der Waals surface area contributed by atoms with Gasteiger partial charge >= 0.3 is 0 Å². The molecule has 0 spiro atoms. The zero-order valence-electron chi connectivity index (χ0n) is 12.6. The van der Waals surface area contributed by atoms with Gasteiger partial charge in [0.1, 0.15) is 5.52 Å². The lowest BCUT2D eigenvalue weighted by molar-refractivity contribution is 0.0459. The van der Waals surface area contributed by atoms with Crippen LogP contribution in [0.5, 0.6) is 0 Å². The summed E-state index contributed by atoms with van der Waals surface area (Å²) in [6.07, 6.45) is 4.11. The van der Waals surface area contributed by atoms with Gasteiger partial charge in [0.25, 0.3) is 0 Å². The van der Waals surface area contributed by atoms with Crippen LogP contribution in [0.25, 0.3) is 11.2 Å². The number of fused-ring (bicyclic) bond motifs is 1. The highest BCUT2D eigenvalue weighted by molar-refractivity contribution is 5.84. The molecular weight excluding hydrogens is 268 g/mol. The predicted molar refractivity (Wildman–Crippen MR) is 82.7 cm³/mol. The van der Waals surface area contributed by atoms with E-state index in [2.05, 4.69) is 30.2 Å². The first-order valence-electron chi connectivity index (χ1n) is 7.63. The highest BCUT2D eigenvalue weighted by Crippen LogP contribution is 2.26. The molecule has 0 unspecified atom stereocenters. The first-order valence-corrected chi connectivity index (χ1v) is 7.63. The fourth-order valence-electron chi connectivity index (χ4n) is 2.75. The Morgan fingerprint density at radius 3 is 2.86 bits per heavy atom. The van der Waals surface area contributed by atoms with Gasteiger partial charge in [-0.1, -0.05) is 0 Å². The molecule has 114 valence electrons. The third-order valence-corrected chi connectivity index (χ3v) is 3.75. The van der Waals surface area contributed by atoms with Gasteiger partial charge in [-0.2, -0.15) is 9.97 Å². The van der Waals surface area contributed by atoms with Gasteiger partial charge in [0.05, 0.1) is 12.4 Å². The number of H-pyrrole nitrogens is 1. The normalized spacial score (nSPS) is 16.6. The lowest BCUT2D eigenvalue weighted by Gasteiger charge is -2.32. The molecule has 21 heavy (non-hydrogen) atoms. The molecule has 1 aliphatic heterocycles. The molecule has 0 amide bonds. The van der Waals surface area contributed by atoms with Gasteiger partial charge in [0, 0.05) is 26.2 Å². The molecule has 0 aliphatic carbocycles. The maximum absolute atomic E-state index is 5.71. The summed E-state index contributed by atoms with van der Waals surface area (Å²) in [5.41, 5.74) is 1.62. The van der Waals surface area contributed by atoms with Crippen LogP contribution in [0.1, 0.15) is 26.7 Å². The van der Waals surface area contributed by atoms with Crippen molar-refractivity contribution in [3.05, 3.63) is 6.33 Å². The Morgan fingerprint density at radius 1 is 1.33 bits per heavy atom. The number of anilines is 2. The van der Waals surface area contributed by atoms with Crippen molar-refractivity contribution < 1.29 is 4.74 Å². The average molecular weight is 290 g/mol. The molecule has 7 heteroatoms. The molecule has 2 aromatic rings. The SMILES string of the molecule is CCNc1nc(N2CCC(OCC)CC2)c2[nH]cnc2n1. The number of hydrogen-bond acceptors (Lipinski definition) is 6. The van der Waals surface area contributed by atoms with Gasteiger partial charge in [-0.15, -0.1) is 0 Å². The average Bonchev–Trinajstić information content (AvgIpc) is 2.96. The van der Waals surface area contributed by atoms with Crippen molar-refractivity contribution in [2.24, 2.45) is 0 Å². The molecule has 3 rings (SSSR count). The zero-order valence-corrected chi connectivity index (χ0v) is 12.6. The number of ether oxygens (including phenoxy) is 1. The highest BCUT2D eigenvalue weighted by atomic mass is 16.5. The monoisotopic (exact) mass is 290 g/mol. The third-order valence-electron chi connectivity index (χ3n) is 3.75. The van der Waals surface area contributed by atoms with E-state index in [0.29, 0.717) is 17.7 Å². The lowest BCUT2D eigenvalue weighted by Crippen LogP contribution is -2.37. The number of hydrogen-bond donors (Lipinski definition) is 2. The molecule has 0 radical (unpaired) electrons. The Morgan fingerprint density at radius 2 is 2.14 bits per heavy atom. The van der Waals surface area contributed by atoms with E-state index in [9.17, 15) is 0 Å². The summed E-state index contributed by atoms with van der Waals surface area (Å²) in [6, 6.07) is 0. The summed E-state index contributed by atoms with van der Waals surface area (Å²) in [5, 5.41) is 3.17. The summed E-state index contributed by atoms with van der Waals surface area (Å²) in [5.74, 6) is 1.57. The summed E-state index contributed by atoms with van der Waals surface area (Å²) in [4.78, 5) is 18.8. The van der Waals surface area contributed by atoms with Crippen molar-refractivity contribution in [1.82, 2.24) is 19.9 Å². The van der Waals surface area contributed by atoms with Crippen molar-refractivity contribution >= 4 is 22.9 Å². The molecule has 1 fully saturated rings. The van der Waals surface area contributed by atoms with Crippen LogP contribution in [0, 0.1) is 0 Å². The van der Waals surface area contributed by atoms with Crippen LogP contribution in [0.2, 0.25) is 0 Å². The molecule has 0 bridgehead atoms. The van der Waals surface area contributed by atoms with Crippen molar-refractivity contribution in [2.75, 3.05) is 36.5 Å². The van der Waals surface area contributed by atoms with Gasteiger partial charge < -0.3 is 19.9 Å². The van der Waals surface area contributed by atoms with Gasteiger partial charge in [-0.25, -0.2) is 4.98 Å². The summed E-state index contributed by atoms with van der Waals surface area (Å²) < 4.78 is 5.71. The Kier molecular flexibility index (Phi) is 4.19. The Balaban J connectivity index is 1.84. The van der Waals surface area contributed by atoms with E-state index in [1.807, 2.05) is 13.8 Å². The van der Waals surface area contributed by atoms with E-state index in [0.717, 1.165) is 50.4 Å². The minimum atomic E-state index is 0.374. The minimum Gasteiger partial charge on any atom is -0.378 e. The maximum atomic E-state index is 5.71. The van der Waals surface area contributed by atoms with Crippen molar-refractivity contribution in [3.63, 3.8) is 0 Å². The zero-order chi connectivity index (χ0) is 14.7. The number of imidazole rings is 1. The van der Waals surface area contributed by atoms with Crippen molar-refractivity contribution in [2.45, 2.75) is 32.8 Å². The van der Waals surface area contributed by atoms with Crippen LogP contribution >= 0.6 is 0 Å². The minimum absolute atomic E-state index is 0.374. The van der Waals surface area contributed by atoms with Gasteiger partial charge in [0.2, 0.25) is 5.95 Å². The molecule has 7 nitrogen and oxygen atoms in total. The van der Waals surface area contributed by atoms with E-state index in [1.54, 1.807) is 6.33 Å². The smallest absolute Gasteiger partial charge is 0.226 e. The molecule has 3 heterocycles. The third kappa shape index (κ3) is 2.92. The number of aromatic amines is 1. The number of piperidine rings is 1. The molecule has 0 atom stereocenters. The van der Waals surface area contributed by atoms with Crippen LogP contribution in [0.4, 0.5) is 11.8 Å². The van der Waals surface area contributed by atoms with E-state index in [1.165, 1.54) is 0 Å². The van der Waals surface area contributed by atoms with Crippen LogP contribution < -0.4 is 10.2 Å². The Hall–Kier alpha value is -1.89. The van der Waals surface area contributed by atoms with E-state index in [-0.39, 0.29) is 0 Å². The van der Waals surface area contributed by atoms with Crippen LogP contribution in [0.3, 0.4) is 0 Å². The Labute approximate surface area is 124 Å². The molecule has 0 saturated carbocycles. The fourth-order valence-corrected chi connectivity index (χ4v) is 2.75. The van der Waals surface area contributed by atoms with Gasteiger partial charge in [-0.05, 0) is 26.7 Å². The second-order valence-electron chi connectivity index (χ2n) is 5.14. The number of nitrogens with zero attached hydrogens (tertiary/aromatic N) is 4. The Bertz CT molecular complexity index is 590. The molecule has 1 saturated heterocycles. The molecule has 1 aliphatic rings. The summed E-state index contributed by atoms with van der Waals surface area (Å²) in [6.45, 7) is 7.55. The van der Waals surface area contributed by atoms with Gasteiger partial charge in [0.15, 0.2) is 11.5 Å². The van der Waals surface area contributed by atoms with Crippen LogP contribution in [-0.2, 0) is 4.74 Å². The summed E-state index contributed by atoms with van der Waals surface area (Å²) in [7, 11) is 0. The first kappa shape index (κ1) is 14.1. The molecular formula is C14H22N6O. The summed E-state index contributed by atoms with van der Waals surface area (Å²) >= 11 is 0. The molecule has 0 aromatic carbocycles. The highest BCUT2D eigenvalue weighted by Gasteiger charge is 2.23. The standard InChI is InChI=1S/C14H22N6O/c1-3-15-14-18-12-11(16-9-17-12)13(19-14)20-7-5-10(6-8-20)21-4-2/h9-10H,3-8H2,1-2H3,(H2,15,16,17,18,19).